The third-order valence-electron chi connectivity index (χ3n) is 2.04. The first-order valence-electron chi connectivity index (χ1n) is 3.54. The van der Waals surface area contributed by atoms with Gasteiger partial charge in [-0.1, -0.05) is 0 Å². The van der Waals surface area contributed by atoms with Gasteiger partial charge in [0.25, 0.3) is 0 Å². The molecule has 0 fully saturated rings. The summed E-state index contributed by atoms with van der Waals surface area (Å²) in [4.78, 5) is 4.08. The van der Waals surface area contributed by atoms with Gasteiger partial charge in [-0.05, 0) is 18.6 Å². The number of nitrogens with zero attached hydrogens (tertiary/aromatic N) is 1. The van der Waals surface area contributed by atoms with Crippen LogP contribution in [0.3, 0.4) is 0 Å². The average molecular weight is 134 g/mol. The van der Waals surface area contributed by atoms with Gasteiger partial charge in [-0.15, -0.1) is 0 Å². The molecule has 0 aliphatic carbocycles. The second-order valence-electron chi connectivity index (χ2n) is 2.74. The van der Waals surface area contributed by atoms with E-state index in [9.17, 15) is 0 Å². The Balaban J connectivity index is 2.30. The van der Waals surface area contributed by atoms with Crippen LogP contribution in [0.25, 0.3) is 0 Å². The highest BCUT2D eigenvalue weighted by Crippen LogP contribution is 2.22. The number of aliphatic imine (C=N–C) groups is 1. The van der Waals surface area contributed by atoms with Crippen LogP contribution >= 0.6 is 0 Å². The second kappa shape index (κ2) is 1.97. The summed E-state index contributed by atoms with van der Waals surface area (Å²) in [6, 6.07) is 0.517. The van der Waals surface area contributed by atoms with Gasteiger partial charge in [0.05, 0.1) is 0 Å². The van der Waals surface area contributed by atoms with Crippen LogP contribution < -0.4 is 5.32 Å². The van der Waals surface area contributed by atoms with Crippen molar-refractivity contribution in [2.24, 2.45) is 10.9 Å². The minimum Gasteiger partial charge on any atom is -0.387 e. The Labute approximate surface area is 60.3 Å². The SMILES string of the molecule is CC1NC=C2C=CN=CC21. The van der Waals surface area contributed by atoms with Gasteiger partial charge in [0.1, 0.15) is 0 Å². The molecule has 10 heavy (non-hydrogen) atoms. The zero-order chi connectivity index (χ0) is 6.97. The van der Waals surface area contributed by atoms with Crippen molar-refractivity contribution in [3.8, 4) is 0 Å². The molecule has 1 N–H and O–H groups in total. The molecule has 0 aromatic rings. The third kappa shape index (κ3) is 0.685. The Hall–Kier alpha value is -1.05. The van der Waals surface area contributed by atoms with Gasteiger partial charge in [0, 0.05) is 30.6 Å². The maximum absolute atomic E-state index is 4.08. The van der Waals surface area contributed by atoms with Crippen LogP contribution in [0.5, 0.6) is 0 Å². The van der Waals surface area contributed by atoms with Gasteiger partial charge in [0.15, 0.2) is 0 Å². The van der Waals surface area contributed by atoms with Crippen molar-refractivity contribution in [1.29, 1.82) is 0 Å². The van der Waals surface area contributed by atoms with E-state index < -0.39 is 0 Å². The highest BCUT2D eigenvalue weighted by Gasteiger charge is 2.23. The van der Waals surface area contributed by atoms with Gasteiger partial charge in [0.2, 0.25) is 0 Å². The van der Waals surface area contributed by atoms with E-state index in [1.54, 1.807) is 0 Å². The molecule has 2 rings (SSSR count). The zero-order valence-electron chi connectivity index (χ0n) is 5.91. The fraction of sp³-hybridized carbons (Fsp3) is 0.375. The van der Waals surface area contributed by atoms with E-state index in [4.69, 9.17) is 0 Å². The molecule has 2 heteroatoms. The zero-order valence-corrected chi connectivity index (χ0v) is 5.91. The molecule has 2 aliphatic rings. The normalized spacial score (nSPS) is 35.1. The number of hydrogen-bond acceptors (Lipinski definition) is 2. The molecule has 52 valence electrons. The summed E-state index contributed by atoms with van der Waals surface area (Å²) in [6.45, 7) is 2.17. The lowest BCUT2D eigenvalue weighted by Crippen LogP contribution is -2.24. The number of hydrogen-bond donors (Lipinski definition) is 1. The largest absolute Gasteiger partial charge is 0.387 e. The lowest BCUT2D eigenvalue weighted by atomic mass is 9.96. The van der Waals surface area contributed by atoms with E-state index >= 15 is 0 Å². The highest BCUT2D eigenvalue weighted by atomic mass is 14.9. The maximum atomic E-state index is 4.08. The van der Waals surface area contributed by atoms with E-state index in [1.165, 1.54) is 5.57 Å². The molecule has 0 amide bonds. The Morgan fingerprint density at radius 2 is 2.50 bits per heavy atom. The van der Waals surface area contributed by atoms with Crippen molar-refractivity contribution in [3.05, 3.63) is 24.0 Å². The molecule has 0 radical (unpaired) electrons. The monoisotopic (exact) mass is 134 g/mol. The van der Waals surface area contributed by atoms with E-state index in [1.807, 2.05) is 12.4 Å². The second-order valence-corrected chi connectivity index (χ2v) is 2.74. The van der Waals surface area contributed by atoms with Crippen molar-refractivity contribution in [2.45, 2.75) is 13.0 Å². The summed E-state index contributed by atoms with van der Waals surface area (Å²) in [6.07, 6.45) is 7.96. The molecule has 2 atom stereocenters. The van der Waals surface area contributed by atoms with Crippen molar-refractivity contribution >= 4 is 6.21 Å². The molecule has 2 aliphatic heterocycles. The molecular weight excluding hydrogens is 124 g/mol. The fourth-order valence-corrected chi connectivity index (χ4v) is 1.36. The van der Waals surface area contributed by atoms with E-state index in [2.05, 4.69) is 29.5 Å². The first-order valence-corrected chi connectivity index (χ1v) is 3.54. The predicted octanol–water partition coefficient (Wildman–Crippen LogP) is 1.08. The van der Waals surface area contributed by atoms with Crippen molar-refractivity contribution in [3.63, 3.8) is 0 Å². The van der Waals surface area contributed by atoms with Gasteiger partial charge in [-0.2, -0.15) is 0 Å². The number of nitrogens with one attached hydrogen (secondary N) is 1. The summed E-state index contributed by atoms with van der Waals surface area (Å²) >= 11 is 0. The Morgan fingerprint density at radius 1 is 1.60 bits per heavy atom. The quantitative estimate of drug-likeness (QED) is 0.526. The minimum absolute atomic E-state index is 0.505. The Bertz CT molecular complexity index is 225. The molecule has 0 aromatic carbocycles. The van der Waals surface area contributed by atoms with Crippen molar-refractivity contribution < 1.29 is 0 Å². The van der Waals surface area contributed by atoms with Crippen LogP contribution in [0.4, 0.5) is 0 Å². The van der Waals surface area contributed by atoms with Crippen LogP contribution in [0.1, 0.15) is 6.92 Å². The minimum atomic E-state index is 0.505. The maximum Gasteiger partial charge on any atom is 0.0407 e. The molecule has 0 bridgehead atoms. The number of allylic oxidation sites excluding steroid dienone is 1. The smallest absolute Gasteiger partial charge is 0.0407 e. The number of rotatable bonds is 0. The molecule has 0 saturated heterocycles. The predicted molar refractivity (Wildman–Crippen MR) is 41.8 cm³/mol. The lowest BCUT2D eigenvalue weighted by Gasteiger charge is -2.13. The van der Waals surface area contributed by atoms with Crippen LogP contribution in [0.2, 0.25) is 0 Å². The molecule has 0 spiro atoms. The summed E-state index contributed by atoms with van der Waals surface area (Å²) in [5.41, 5.74) is 1.35. The summed E-state index contributed by atoms with van der Waals surface area (Å²) < 4.78 is 0. The van der Waals surface area contributed by atoms with E-state index in [-0.39, 0.29) is 0 Å². The first kappa shape index (κ1) is 5.71. The van der Waals surface area contributed by atoms with Gasteiger partial charge in [-0.25, -0.2) is 0 Å². The highest BCUT2D eigenvalue weighted by molar-refractivity contribution is 5.71. The standard InChI is InChI=1S/C8H10N2/c1-6-8-5-9-3-2-7(8)4-10-6/h2-6,8,10H,1H3. The number of fused-ring (bicyclic) bond motifs is 1. The average Bonchev–Trinajstić information content (AvgIpc) is 2.34. The third-order valence-corrected chi connectivity index (χ3v) is 2.04. The van der Waals surface area contributed by atoms with Crippen LogP contribution in [-0.2, 0) is 0 Å². The Kier molecular flexibility index (Phi) is 1.13. The Morgan fingerprint density at radius 3 is 3.30 bits per heavy atom. The lowest BCUT2D eigenvalue weighted by molar-refractivity contribution is 0.619. The van der Waals surface area contributed by atoms with Crippen molar-refractivity contribution in [2.75, 3.05) is 0 Å². The summed E-state index contributed by atoms with van der Waals surface area (Å²) in [5, 5.41) is 3.26. The van der Waals surface area contributed by atoms with E-state index in [0.29, 0.717) is 12.0 Å². The summed E-state index contributed by atoms with van der Waals surface area (Å²) in [7, 11) is 0. The van der Waals surface area contributed by atoms with Crippen LogP contribution in [0, 0.1) is 5.92 Å². The molecule has 0 aromatic heterocycles. The summed E-state index contributed by atoms with van der Waals surface area (Å²) in [5.74, 6) is 0.505. The van der Waals surface area contributed by atoms with E-state index in [0.717, 1.165) is 0 Å². The first-order chi connectivity index (χ1) is 4.88. The van der Waals surface area contributed by atoms with Crippen molar-refractivity contribution in [1.82, 2.24) is 5.32 Å². The van der Waals surface area contributed by atoms with Crippen LogP contribution in [-0.4, -0.2) is 12.3 Å². The van der Waals surface area contributed by atoms with Crippen LogP contribution in [0.15, 0.2) is 29.0 Å². The molecule has 2 heterocycles. The molecule has 0 saturated carbocycles. The topological polar surface area (TPSA) is 24.4 Å². The van der Waals surface area contributed by atoms with Gasteiger partial charge in [-0.3, -0.25) is 4.99 Å². The molecule has 2 unspecified atom stereocenters. The fourth-order valence-electron chi connectivity index (χ4n) is 1.36. The molecular formula is C8H10N2. The van der Waals surface area contributed by atoms with Gasteiger partial charge < -0.3 is 5.32 Å². The van der Waals surface area contributed by atoms with Gasteiger partial charge >= 0.3 is 0 Å². The molecule has 2 nitrogen and oxygen atoms in total.